The van der Waals surface area contributed by atoms with Gasteiger partial charge in [-0.2, -0.15) is 10.1 Å². The summed E-state index contributed by atoms with van der Waals surface area (Å²) in [4.78, 5) is 8.51. The Morgan fingerprint density at radius 1 is 1.39 bits per heavy atom. The Morgan fingerprint density at radius 3 is 3.00 bits per heavy atom. The largest absolute Gasteiger partial charge is 0.481 e. The minimum absolute atomic E-state index is 0.581. The molecular formula is C12H17N5O. The SMILES string of the molecule is COc1cc(C)nc(NCCCn2cccn2)n1. The molecule has 0 radical (unpaired) electrons. The highest BCUT2D eigenvalue weighted by Gasteiger charge is 2.01. The molecule has 0 bridgehead atoms. The minimum Gasteiger partial charge on any atom is -0.481 e. The van der Waals surface area contributed by atoms with E-state index in [1.807, 2.05) is 23.9 Å². The lowest BCUT2D eigenvalue weighted by Gasteiger charge is -2.07. The molecule has 0 amide bonds. The van der Waals surface area contributed by atoms with Crippen LogP contribution >= 0.6 is 0 Å². The lowest BCUT2D eigenvalue weighted by atomic mass is 10.4. The van der Waals surface area contributed by atoms with Crippen LogP contribution in [0, 0.1) is 6.92 Å². The Kier molecular flexibility index (Phi) is 4.11. The van der Waals surface area contributed by atoms with Gasteiger partial charge in [0.25, 0.3) is 0 Å². The predicted octanol–water partition coefficient (Wildman–Crippen LogP) is 1.49. The van der Waals surface area contributed by atoms with Crippen molar-refractivity contribution in [2.45, 2.75) is 19.9 Å². The van der Waals surface area contributed by atoms with Crippen LogP contribution in [0.2, 0.25) is 0 Å². The number of ether oxygens (including phenoxy) is 1. The van der Waals surface area contributed by atoms with Gasteiger partial charge in [0.15, 0.2) is 0 Å². The highest BCUT2D eigenvalue weighted by atomic mass is 16.5. The number of anilines is 1. The number of methoxy groups -OCH3 is 1. The third-order valence-corrected chi connectivity index (χ3v) is 2.45. The first-order chi connectivity index (χ1) is 8.78. The van der Waals surface area contributed by atoms with Crippen LogP contribution in [0.15, 0.2) is 24.5 Å². The highest BCUT2D eigenvalue weighted by Crippen LogP contribution is 2.10. The minimum atomic E-state index is 0.581. The van der Waals surface area contributed by atoms with Crippen molar-refractivity contribution in [1.82, 2.24) is 19.7 Å². The van der Waals surface area contributed by atoms with Crippen molar-refractivity contribution >= 4 is 5.95 Å². The van der Waals surface area contributed by atoms with Gasteiger partial charge in [-0.05, 0) is 19.4 Å². The van der Waals surface area contributed by atoms with Gasteiger partial charge in [0, 0.05) is 37.2 Å². The van der Waals surface area contributed by atoms with E-state index in [9.17, 15) is 0 Å². The van der Waals surface area contributed by atoms with Crippen LogP contribution in [-0.4, -0.2) is 33.4 Å². The molecule has 6 heteroatoms. The topological polar surface area (TPSA) is 64.9 Å². The second-order valence-corrected chi connectivity index (χ2v) is 3.92. The normalized spacial score (nSPS) is 10.3. The van der Waals surface area contributed by atoms with Crippen LogP contribution in [0.4, 0.5) is 5.95 Å². The van der Waals surface area contributed by atoms with Gasteiger partial charge in [-0.1, -0.05) is 0 Å². The van der Waals surface area contributed by atoms with Crippen LogP contribution in [0.3, 0.4) is 0 Å². The predicted molar refractivity (Wildman–Crippen MR) is 68.7 cm³/mol. The molecule has 0 unspecified atom stereocenters. The summed E-state index contributed by atoms with van der Waals surface area (Å²) >= 11 is 0. The van der Waals surface area contributed by atoms with E-state index in [-0.39, 0.29) is 0 Å². The Labute approximate surface area is 106 Å². The summed E-state index contributed by atoms with van der Waals surface area (Å²) < 4.78 is 7.00. The summed E-state index contributed by atoms with van der Waals surface area (Å²) in [7, 11) is 1.60. The molecule has 6 nitrogen and oxygen atoms in total. The fraction of sp³-hybridized carbons (Fsp3) is 0.417. The van der Waals surface area contributed by atoms with Crippen molar-refractivity contribution in [3.05, 3.63) is 30.2 Å². The van der Waals surface area contributed by atoms with Crippen molar-refractivity contribution in [2.75, 3.05) is 19.0 Å². The van der Waals surface area contributed by atoms with E-state index in [0.717, 1.165) is 25.2 Å². The maximum absolute atomic E-state index is 5.10. The van der Waals surface area contributed by atoms with Gasteiger partial charge in [0.1, 0.15) is 0 Å². The van der Waals surface area contributed by atoms with E-state index in [2.05, 4.69) is 20.4 Å². The molecule has 0 aromatic carbocycles. The Morgan fingerprint density at radius 2 is 2.28 bits per heavy atom. The van der Waals surface area contributed by atoms with Crippen LogP contribution in [0.1, 0.15) is 12.1 Å². The summed E-state index contributed by atoms with van der Waals surface area (Å²) in [5.41, 5.74) is 0.886. The second-order valence-electron chi connectivity index (χ2n) is 3.92. The first-order valence-corrected chi connectivity index (χ1v) is 5.89. The van der Waals surface area contributed by atoms with Crippen LogP contribution in [-0.2, 0) is 6.54 Å². The van der Waals surface area contributed by atoms with Gasteiger partial charge in [-0.25, -0.2) is 4.98 Å². The molecule has 18 heavy (non-hydrogen) atoms. The average molecular weight is 247 g/mol. The van der Waals surface area contributed by atoms with Gasteiger partial charge in [-0.3, -0.25) is 4.68 Å². The quantitative estimate of drug-likeness (QED) is 0.783. The molecule has 0 spiro atoms. The van der Waals surface area contributed by atoms with Crippen LogP contribution < -0.4 is 10.1 Å². The zero-order chi connectivity index (χ0) is 12.8. The summed E-state index contributed by atoms with van der Waals surface area (Å²) in [5, 5.41) is 7.32. The summed E-state index contributed by atoms with van der Waals surface area (Å²) in [6.07, 6.45) is 4.69. The van der Waals surface area contributed by atoms with Crippen molar-refractivity contribution in [3.63, 3.8) is 0 Å². The van der Waals surface area contributed by atoms with Crippen molar-refractivity contribution in [2.24, 2.45) is 0 Å². The van der Waals surface area contributed by atoms with Gasteiger partial charge in [0.05, 0.1) is 7.11 Å². The molecule has 0 fully saturated rings. The van der Waals surface area contributed by atoms with Crippen molar-refractivity contribution in [3.8, 4) is 5.88 Å². The molecule has 0 aliphatic carbocycles. The third kappa shape index (κ3) is 3.44. The number of aromatic nitrogens is 4. The smallest absolute Gasteiger partial charge is 0.226 e. The Bertz CT molecular complexity index is 483. The van der Waals surface area contributed by atoms with E-state index in [1.165, 1.54) is 0 Å². The summed E-state index contributed by atoms with van der Waals surface area (Å²) in [5.74, 6) is 1.18. The van der Waals surface area contributed by atoms with E-state index in [4.69, 9.17) is 4.74 Å². The number of nitrogens with zero attached hydrogens (tertiary/aromatic N) is 4. The Hall–Kier alpha value is -2.11. The molecule has 2 aromatic heterocycles. The molecule has 0 aliphatic heterocycles. The molecule has 0 saturated heterocycles. The number of nitrogens with one attached hydrogen (secondary N) is 1. The molecule has 0 atom stereocenters. The molecule has 1 N–H and O–H groups in total. The molecule has 2 heterocycles. The third-order valence-electron chi connectivity index (χ3n) is 2.45. The fourth-order valence-electron chi connectivity index (χ4n) is 1.60. The molecule has 2 aromatic rings. The molecule has 2 rings (SSSR count). The van der Waals surface area contributed by atoms with Crippen LogP contribution in [0.5, 0.6) is 5.88 Å². The lowest BCUT2D eigenvalue weighted by Crippen LogP contribution is -2.10. The molecular weight excluding hydrogens is 230 g/mol. The molecule has 0 saturated carbocycles. The van der Waals surface area contributed by atoms with Gasteiger partial charge in [0.2, 0.25) is 11.8 Å². The average Bonchev–Trinajstić information content (AvgIpc) is 2.87. The fourth-order valence-corrected chi connectivity index (χ4v) is 1.60. The number of hydrogen-bond acceptors (Lipinski definition) is 5. The van der Waals surface area contributed by atoms with Gasteiger partial charge in [-0.15, -0.1) is 0 Å². The lowest BCUT2D eigenvalue weighted by molar-refractivity contribution is 0.397. The zero-order valence-electron chi connectivity index (χ0n) is 10.6. The Balaban J connectivity index is 1.81. The van der Waals surface area contributed by atoms with Crippen molar-refractivity contribution in [1.29, 1.82) is 0 Å². The monoisotopic (exact) mass is 247 g/mol. The molecule has 0 aliphatic rings. The van der Waals surface area contributed by atoms with Gasteiger partial charge < -0.3 is 10.1 Å². The summed E-state index contributed by atoms with van der Waals surface area (Å²) in [6.45, 7) is 3.59. The highest BCUT2D eigenvalue weighted by molar-refractivity contribution is 5.30. The first-order valence-electron chi connectivity index (χ1n) is 5.89. The number of aryl methyl sites for hydroxylation is 2. The summed E-state index contributed by atoms with van der Waals surface area (Å²) in [6, 6.07) is 3.72. The van der Waals surface area contributed by atoms with E-state index in [1.54, 1.807) is 19.4 Å². The zero-order valence-corrected chi connectivity index (χ0v) is 10.6. The second kappa shape index (κ2) is 6.00. The maximum Gasteiger partial charge on any atom is 0.226 e. The van der Waals surface area contributed by atoms with Crippen LogP contribution in [0.25, 0.3) is 0 Å². The van der Waals surface area contributed by atoms with E-state index < -0.39 is 0 Å². The first kappa shape index (κ1) is 12.3. The van der Waals surface area contributed by atoms with E-state index in [0.29, 0.717) is 11.8 Å². The molecule has 96 valence electrons. The van der Waals surface area contributed by atoms with Crippen molar-refractivity contribution < 1.29 is 4.74 Å². The van der Waals surface area contributed by atoms with E-state index >= 15 is 0 Å². The standard InChI is InChI=1S/C12H17N5O/c1-10-9-11(18-2)16-12(15-10)13-5-3-7-17-8-4-6-14-17/h4,6,8-9H,3,5,7H2,1-2H3,(H,13,15,16). The van der Waals surface area contributed by atoms with Gasteiger partial charge >= 0.3 is 0 Å². The number of hydrogen-bond donors (Lipinski definition) is 1. The maximum atomic E-state index is 5.10. The number of rotatable bonds is 6.